The first-order chi connectivity index (χ1) is 12.5. The summed E-state index contributed by atoms with van der Waals surface area (Å²) < 4.78 is 42.7. The molecule has 150 valence electrons. The molecular formula is C19H25F3N2O3. The minimum absolute atomic E-state index is 0.0468. The summed E-state index contributed by atoms with van der Waals surface area (Å²) in [5.74, 6) is -1.17. The van der Waals surface area contributed by atoms with Gasteiger partial charge in [-0.1, -0.05) is 32.9 Å². The van der Waals surface area contributed by atoms with Gasteiger partial charge in [0.2, 0.25) is 11.8 Å². The summed E-state index contributed by atoms with van der Waals surface area (Å²) in [7, 11) is 0. The number of hydrogen-bond donors (Lipinski definition) is 1. The minimum Gasteiger partial charge on any atom is -0.492 e. The Hall–Kier alpha value is -2.25. The third-order valence-electron chi connectivity index (χ3n) is 4.35. The predicted molar refractivity (Wildman–Crippen MR) is 94.4 cm³/mol. The first-order valence-corrected chi connectivity index (χ1v) is 8.81. The van der Waals surface area contributed by atoms with E-state index < -0.39 is 30.5 Å². The highest BCUT2D eigenvalue weighted by Crippen LogP contribution is 2.25. The van der Waals surface area contributed by atoms with Gasteiger partial charge in [-0.25, -0.2) is 0 Å². The molecule has 0 aromatic heterocycles. The average Bonchev–Trinajstić information content (AvgIpc) is 2.90. The van der Waals surface area contributed by atoms with Gasteiger partial charge in [-0.15, -0.1) is 0 Å². The van der Waals surface area contributed by atoms with E-state index in [-0.39, 0.29) is 31.5 Å². The SMILES string of the molecule is CC(C)(C)c1ccc(OCCNC(=O)C2CC(=O)N(CC(F)(F)F)C2)cc1. The number of nitrogens with one attached hydrogen (secondary N) is 1. The van der Waals surface area contributed by atoms with Crippen LogP contribution in [-0.2, 0) is 15.0 Å². The summed E-state index contributed by atoms with van der Waals surface area (Å²) in [5, 5.41) is 2.61. The van der Waals surface area contributed by atoms with Gasteiger partial charge in [0.05, 0.1) is 12.5 Å². The number of amides is 2. The molecule has 0 aliphatic carbocycles. The van der Waals surface area contributed by atoms with Crippen LogP contribution in [0, 0.1) is 5.92 Å². The zero-order valence-corrected chi connectivity index (χ0v) is 15.7. The molecule has 2 amide bonds. The maximum Gasteiger partial charge on any atom is 0.406 e. The standard InChI is InChI=1S/C19H25F3N2O3/c1-18(2,3)14-4-6-15(7-5-14)27-9-8-23-17(26)13-10-16(25)24(11-13)12-19(20,21)22/h4-7,13H,8-12H2,1-3H3,(H,23,26). The summed E-state index contributed by atoms with van der Waals surface area (Å²) in [5.41, 5.74) is 1.23. The smallest absolute Gasteiger partial charge is 0.406 e. The van der Waals surface area contributed by atoms with Crippen LogP contribution in [0.25, 0.3) is 0 Å². The van der Waals surface area contributed by atoms with Crippen LogP contribution in [0.2, 0.25) is 0 Å². The van der Waals surface area contributed by atoms with Gasteiger partial charge in [0.25, 0.3) is 0 Å². The Labute approximate surface area is 156 Å². The molecule has 1 N–H and O–H groups in total. The van der Waals surface area contributed by atoms with Gasteiger partial charge in [0.1, 0.15) is 18.9 Å². The number of alkyl halides is 3. The molecule has 0 radical (unpaired) electrons. The van der Waals surface area contributed by atoms with Crippen LogP contribution in [0.5, 0.6) is 5.75 Å². The van der Waals surface area contributed by atoms with Crippen molar-refractivity contribution in [3.63, 3.8) is 0 Å². The lowest BCUT2D eigenvalue weighted by Gasteiger charge is -2.19. The van der Waals surface area contributed by atoms with Crippen LogP contribution in [0.15, 0.2) is 24.3 Å². The van der Waals surface area contributed by atoms with Gasteiger partial charge in [-0.05, 0) is 23.1 Å². The minimum atomic E-state index is -4.46. The highest BCUT2D eigenvalue weighted by atomic mass is 19.4. The zero-order chi connectivity index (χ0) is 20.2. The van der Waals surface area contributed by atoms with E-state index in [4.69, 9.17) is 4.74 Å². The lowest BCUT2D eigenvalue weighted by Crippen LogP contribution is -2.38. The first kappa shape index (κ1) is 21.1. The monoisotopic (exact) mass is 386 g/mol. The molecule has 0 saturated carbocycles. The summed E-state index contributed by atoms with van der Waals surface area (Å²) in [6.07, 6.45) is -4.66. The van der Waals surface area contributed by atoms with E-state index in [1.165, 1.54) is 5.56 Å². The Morgan fingerprint density at radius 3 is 2.41 bits per heavy atom. The van der Waals surface area contributed by atoms with E-state index in [1.807, 2.05) is 24.3 Å². The molecule has 27 heavy (non-hydrogen) atoms. The molecule has 1 aromatic carbocycles. The van der Waals surface area contributed by atoms with E-state index in [9.17, 15) is 22.8 Å². The fourth-order valence-corrected chi connectivity index (χ4v) is 2.86. The van der Waals surface area contributed by atoms with Crippen molar-refractivity contribution in [2.75, 3.05) is 26.2 Å². The second-order valence-electron chi connectivity index (χ2n) is 7.70. The average molecular weight is 386 g/mol. The van der Waals surface area contributed by atoms with Gasteiger partial charge in [0, 0.05) is 13.0 Å². The highest BCUT2D eigenvalue weighted by molar-refractivity contribution is 5.89. The van der Waals surface area contributed by atoms with E-state index in [0.29, 0.717) is 10.6 Å². The van der Waals surface area contributed by atoms with Crippen molar-refractivity contribution in [1.29, 1.82) is 0 Å². The fourth-order valence-electron chi connectivity index (χ4n) is 2.86. The third kappa shape index (κ3) is 6.45. The number of ether oxygens (including phenoxy) is 1. The molecule has 0 spiro atoms. The van der Waals surface area contributed by atoms with Crippen LogP contribution in [0.1, 0.15) is 32.8 Å². The summed E-state index contributed by atoms with van der Waals surface area (Å²) in [4.78, 5) is 24.3. The lowest BCUT2D eigenvalue weighted by molar-refractivity contribution is -0.157. The number of benzene rings is 1. The number of carbonyl (C=O) groups is 2. The summed E-state index contributed by atoms with van der Waals surface area (Å²) >= 11 is 0. The first-order valence-electron chi connectivity index (χ1n) is 8.81. The Balaban J connectivity index is 1.73. The molecule has 1 heterocycles. The molecular weight excluding hydrogens is 361 g/mol. The van der Waals surface area contributed by atoms with Gasteiger partial charge < -0.3 is 15.0 Å². The van der Waals surface area contributed by atoms with Crippen LogP contribution in [-0.4, -0.2) is 49.1 Å². The van der Waals surface area contributed by atoms with Crippen molar-refractivity contribution < 1.29 is 27.5 Å². The topological polar surface area (TPSA) is 58.6 Å². The number of rotatable bonds is 6. The molecule has 1 atom stereocenters. The third-order valence-corrected chi connectivity index (χ3v) is 4.35. The van der Waals surface area contributed by atoms with Crippen molar-refractivity contribution in [2.45, 2.75) is 38.8 Å². The quantitative estimate of drug-likeness (QED) is 0.765. The Kier molecular flexibility index (Phi) is 6.38. The normalized spacial score (nSPS) is 17.9. The Morgan fingerprint density at radius 2 is 1.85 bits per heavy atom. The molecule has 1 fully saturated rings. The van der Waals surface area contributed by atoms with Crippen molar-refractivity contribution in [3.05, 3.63) is 29.8 Å². The van der Waals surface area contributed by atoms with Gasteiger partial charge in [-0.2, -0.15) is 13.2 Å². The second-order valence-corrected chi connectivity index (χ2v) is 7.70. The molecule has 5 nitrogen and oxygen atoms in total. The highest BCUT2D eigenvalue weighted by Gasteiger charge is 2.40. The molecule has 8 heteroatoms. The molecule has 0 bridgehead atoms. The summed E-state index contributed by atoms with van der Waals surface area (Å²) in [6, 6.07) is 7.67. The van der Waals surface area contributed by atoms with Crippen LogP contribution in [0.4, 0.5) is 13.2 Å². The van der Waals surface area contributed by atoms with Crippen molar-refractivity contribution >= 4 is 11.8 Å². The maximum absolute atomic E-state index is 12.4. The van der Waals surface area contributed by atoms with Gasteiger partial charge in [-0.3, -0.25) is 9.59 Å². The van der Waals surface area contributed by atoms with E-state index in [1.54, 1.807) is 0 Å². The second kappa shape index (κ2) is 8.19. The van der Waals surface area contributed by atoms with Crippen molar-refractivity contribution in [2.24, 2.45) is 5.92 Å². The van der Waals surface area contributed by atoms with E-state index in [2.05, 4.69) is 26.1 Å². The van der Waals surface area contributed by atoms with Gasteiger partial charge in [0.15, 0.2) is 0 Å². The predicted octanol–water partition coefficient (Wildman–Crippen LogP) is 2.89. The molecule has 1 unspecified atom stereocenters. The Morgan fingerprint density at radius 1 is 1.22 bits per heavy atom. The van der Waals surface area contributed by atoms with E-state index in [0.717, 1.165) is 0 Å². The molecule has 1 aliphatic rings. The largest absolute Gasteiger partial charge is 0.492 e. The molecule has 1 saturated heterocycles. The number of likely N-dealkylation sites (tertiary alicyclic amines) is 1. The maximum atomic E-state index is 12.4. The Bertz CT molecular complexity index is 666. The van der Waals surface area contributed by atoms with E-state index >= 15 is 0 Å². The summed E-state index contributed by atoms with van der Waals surface area (Å²) in [6.45, 7) is 5.26. The number of halogens is 3. The molecule has 1 aromatic rings. The zero-order valence-electron chi connectivity index (χ0n) is 15.7. The molecule has 2 rings (SSSR count). The van der Waals surface area contributed by atoms with Crippen LogP contribution in [0.3, 0.4) is 0 Å². The van der Waals surface area contributed by atoms with Crippen LogP contribution < -0.4 is 10.1 Å². The fraction of sp³-hybridized carbons (Fsp3) is 0.579. The van der Waals surface area contributed by atoms with Crippen LogP contribution >= 0.6 is 0 Å². The number of hydrogen-bond acceptors (Lipinski definition) is 3. The lowest BCUT2D eigenvalue weighted by atomic mass is 9.87. The number of nitrogens with zero attached hydrogens (tertiary/aromatic N) is 1. The number of carbonyl (C=O) groups excluding carboxylic acids is 2. The van der Waals surface area contributed by atoms with Crippen molar-refractivity contribution in [3.8, 4) is 5.75 Å². The van der Waals surface area contributed by atoms with Crippen molar-refractivity contribution in [1.82, 2.24) is 10.2 Å². The molecule has 1 aliphatic heterocycles. The van der Waals surface area contributed by atoms with Gasteiger partial charge >= 0.3 is 6.18 Å².